The van der Waals surface area contributed by atoms with Gasteiger partial charge in [-0.15, -0.1) is 12.3 Å². The average Bonchev–Trinajstić information content (AvgIpc) is 2.94. The first-order chi connectivity index (χ1) is 6.74. The highest BCUT2D eigenvalue weighted by molar-refractivity contribution is 4.87. The summed E-state index contributed by atoms with van der Waals surface area (Å²) in [6, 6.07) is 0.895. The van der Waals surface area contributed by atoms with Crippen molar-refractivity contribution in [2.24, 2.45) is 5.92 Å². The summed E-state index contributed by atoms with van der Waals surface area (Å²) in [5.41, 5.74) is 0. The monoisotopic (exact) mass is 193 g/mol. The molecule has 14 heavy (non-hydrogen) atoms. The molecular formula is C13H23N. The molecule has 1 nitrogen and oxygen atoms in total. The zero-order valence-corrected chi connectivity index (χ0v) is 9.63. The van der Waals surface area contributed by atoms with E-state index >= 15 is 0 Å². The molecule has 0 aromatic rings. The van der Waals surface area contributed by atoms with E-state index in [2.05, 4.69) is 24.7 Å². The smallest absolute Gasteiger partial charge is 0.00982 e. The van der Waals surface area contributed by atoms with Gasteiger partial charge in [0.05, 0.1) is 0 Å². The average molecular weight is 193 g/mol. The summed E-state index contributed by atoms with van der Waals surface area (Å²) < 4.78 is 0. The molecule has 0 unspecified atom stereocenters. The van der Waals surface area contributed by atoms with Crippen LogP contribution >= 0.6 is 0 Å². The zero-order valence-electron chi connectivity index (χ0n) is 9.63. The Kier molecular flexibility index (Phi) is 5.04. The maximum absolute atomic E-state index is 5.26. The number of unbranched alkanes of at least 4 members (excludes halogenated alkanes) is 1. The summed E-state index contributed by atoms with van der Waals surface area (Å²) >= 11 is 0. The van der Waals surface area contributed by atoms with Gasteiger partial charge in [-0.3, -0.25) is 0 Å². The van der Waals surface area contributed by atoms with Crippen molar-refractivity contribution in [1.29, 1.82) is 0 Å². The molecule has 0 saturated heterocycles. The van der Waals surface area contributed by atoms with E-state index in [1.54, 1.807) is 0 Å². The van der Waals surface area contributed by atoms with E-state index in [9.17, 15) is 0 Å². The van der Waals surface area contributed by atoms with Crippen LogP contribution in [0.1, 0.15) is 46.0 Å². The van der Waals surface area contributed by atoms with Crippen molar-refractivity contribution in [3.05, 3.63) is 0 Å². The quantitative estimate of drug-likeness (QED) is 0.444. The van der Waals surface area contributed by atoms with E-state index < -0.39 is 0 Å². The standard InChI is InChI=1S/C13H23N/c1-4-5-6-10-14(13-7-8-13)11-9-12(2)3/h1,12-13H,5-11H2,2-3H3. The van der Waals surface area contributed by atoms with Crippen LogP contribution in [0.25, 0.3) is 0 Å². The molecule has 1 rings (SSSR count). The molecule has 0 spiro atoms. The summed E-state index contributed by atoms with van der Waals surface area (Å²) in [7, 11) is 0. The second kappa shape index (κ2) is 6.09. The minimum atomic E-state index is 0.823. The van der Waals surface area contributed by atoms with Gasteiger partial charge in [-0.05, 0) is 44.7 Å². The molecule has 0 aromatic heterocycles. The van der Waals surface area contributed by atoms with Gasteiger partial charge in [0.2, 0.25) is 0 Å². The second-order valence-electron chi connectivity index (χ2n) is 4.76. The molecule has 0 amide bonds. The van der Waals surface area contributed by atoms with Crippen molar-refractivity contribution in [2.75, 3.05) is 13.1 Å². The van der Waals surface area contributed by atoms with E-state index in [0.717, 1.165) is 18.4 Å². The Hall–Kier alpha value is -0.480. The van der Waals surface area contributed by atoms with Crippen molar-refractivity contribution in [1.82, 2.24) is 4.90 Å². The van der Waals surface area contributed by atoms with Crippen molar-refractivity contribution in [2.45, 2.75) is 52.0 Å². The Labute approximate surface area is 88.9 Å². The highest BCUT2D eigenvalue weighted by Gasteiger charge is 2.27. The highest BCUT2D eigenvalue weighted by atomic mass is 15.2. The van der Waals surface area contributed by atoms with Crippen LogP contribution < -0.4 is 0 Å². The topological polar surface area (TPSA) is 3.24 Å². The van der Waals surface area contributed by atoms with Crippen LogP contribution in [0, 0.1) is 18.3 Å². The molecule has 80 valence electrons. The lowest BCUT2D eigenvalue weighted by atomic mass is 10.1. The molecule has 1 saturated carbocycles. The third-order valence-corrected chi connectivity index (χ3v) is 2.82. The SMILES string of the molecule is C#CCCCN(CCC(C)C)C1CC1. The predicted molar refractivity (Wildman–Crippen MR) is 62.1 cm³/mol. The third kappa shape index (κ3) is 4.67. The maximum atomic E-state index is 5.26. The molecule has 1 aliphatic rings. The Morgan fingerprint density at radius 3 is 2.57 bits per heavy atom. The molecule has 0 aliphatic heterocycles. The molecule has 1 heteroatoms. The molecule has 1 aliphatic carbocycles. The Morgan fingerprint density at radius 2 is 2.07 bits per heavy atom. The molecular weight excluding hydrogens is 170 g/mol. The first-order valence-electron chi connectivity index (χ1n) is 5.91. The van der Waals surface area contributed by atoms with E-state index in [0.29, 0.717) is 0 Å². The number of hydrogen-bond acceptors (Lipinski definition) is 1. The molecule has 1 fully saturated rings. The van der Waals surface area contributed by atoms with E-state index in [4.69, 9.17) is 6.42 Å². The second-order valence-corrected chi connectivity index (χ2v) is 4.76. The van der Waals surface area contributed by atoms with Crippen LogP contribution in [0.5, 0.6) is 0 Å². The lowest BCUT2D eigenvalue weighted by Gasteiger charge is -2.22. The van der Waals surface area contributed by atoms with Gasteiger partial charge in [-0.1, -0.05) is 13.8 Å². The predicted octanol–water partition coefficient (Wildman–Crippen LogP) is 2.91. The van der Waals surface area contributed by atoms with Crippen molar-refractivity contribution in [3.8, 4) is 12.3 Å². The number of terminal acetylenes is 1. The number of hydrogen-bond donors (Lipinski definition) is 0. The van der Waals surface area contributed by atoms with Gasteiger partial charge >= 0.3 is 0 Å². The first kappa shape index (κ1) is 11.6. The maximum Gasteiger partial charge on any atom is 0.00982 e. The fraction of sp³-hybridized carbons (Fsp3) is 0.846. The largest absolute Gasteiger partial charge is 0.300 e. The molecule has 0 heterocycles. The van der Waals surface area contributed by atoms with Gasteiger partial charge in [-0.25, -0.2) is 0 Å². The summed E-state index contributed by atoms with van der Waals surface area (Å²) in [5, 5.41) is 0. The first-order valence-corrected chi connectivity index (χ1v) is 5.91. The van der Waals surface area contributed by atoms with Crippen LogP contribution in [0.4, 0.5) is 0 Å². The molecule has 0 atom stereocenters. The highest BCUT2D eigenvalue weighted by Crippen LogP contribution is 2.27. The minimum absolute atomic E-state index is 0.823. The summed E-state index contributed by atoms with van der Waals surface area (Å²) in [6.07, 6.45) is 11.5. The Bertz CT molecular complexity index is 186. The summed E-state index contributed by atoms with van der Waals surface area (Å²) in [5.74, 6) is 3.54. The van der Waals surface area contributed by atoms with Crippen molar-refractivity contribution in [3.63, 3.8) is 0 Å². The van der Waals surface area contributed by atoms with Gasteiger partial charge in [0.25, 0.3) is 0 Å². The fourth-order valence-electron chi connectivity index (χ4n) is 1.72. The fourth-order valence-corrected chi connectivity index (χ4v) is 1.72. The van der Waals surface area contributed by atoms with Crippen LogP contribution in [0.15, 0.2) is 0 Å². The molecule has 0 aromatic carbocycles. The van der Waals surface area contributed by atoms with Crippen LogP contribution in [0.3, 0.4) is 0 Å². The molecule has 0 bridgehead atoms. The van der Waals surface area contributed by atoms with Crippen LogP contribution in [0.2, 0.25) is 0 Å². The van der Waals surface area contributed by atoms with Gasteiger partial charge < -0.3 is 4.90 Å². The van der Waals surface area contributed by atoms with E-state index in [-0.39, 0.29) is 0 Å². The Morgan fingerprint density at radius 1 is 1.36 bits per heavy atom. The lowest BCUT2D eigenvalue weighted by molar-refractivity contribution is 0.246. The van der Waals surface area contributed by atoms with Crippen LogP contribution in [-0.2, 0) is 0 Å². The summed E-state index contributed by atoms with van der Waals surface area (Å²) in [4.78, 5) is 2.64. The van der Waals surface area contributed by atoms with Gasteiger partial charge in [0.15, 0.2) is 0 Å². The van der Waals surface area contributed by atoms with Crippen LogP contribution in [-0.4, -0.2) is 24.0 Å². The number of nitrogens with zero attached hydrogens (tertiary/aromatic N) is 1. The van der Waals surface area contributed by atoms with Gasteiger partial charge in [-0.2, -0.15) is 0 Å². The number of rotatable bonds is 7. The van der Waals surface area contributed by atoms with Crippen molar-refractivity contribution < 1.29 is 0 Å². The summed E-state index contributed by atoms with van der Waals surface area (Å²) in [6.45, 7) is 7.08. The minimum Gasteiger partial charge on any atom is -0.300 e. The van der Waals surface area contributed by atoms with E-state index in [1.165, 1.54) is 38.8 Å². The zero-order chi connectivity index (χ0) is 10.4. The lowest BCUT2D eigenvalue weighted by Crippen LogP contribution is -2.29. The van der Waals surface area contributed by atoms with Crippen molar-refractivity contribution >= 4 is 0 Å². The molecule has 0 N–H and O–H groups in total. The third-order valence-electron chi connectivity index (χ3n) is 2.82. The van der Waals surface area contributed by atoms with Gasteiger partial charge in [0.1, 0.15) is 0 Å². The Balaban J connectivity index is 2.15. The van der Waals surface area contributed by atoms with E-state index in [1.807, 2.05) is 0 Å². The van der Waals surface area contributed by atoms with Gasteiger partial charge in [0, 0.05) is 12.5 Å². The normalized spacial score (nSPS) is 16.2. The molecule has 0 radical (unpaired) electrons.